The van der Waals surface area contributed by atoms with Gasteiger partial charge in [0, 0.05) is 61.6 Å². The minimum atomic E-state index is -0.135. The Bertz CT molecular complexity index is 1770. The van der Waals surface area contributed by atoms with Crippen molar-refractivity contribution in [1.82, 2.24) is 9.55 Å². The van der Waals surface area contributed by atoms with Gasteiger partial charge in [-0.1, -0.05) is 74.0 Å². The maximum Gasteiger partial charge on any atom is 0.309 e. The minimum absolute atomic E-state index is 0.108. The van der Waals surface area contributed by atoms with Crippen molar-refractivity contribution in [2.45, 2.75) is 55.7 Å². The van der Waals surface area contributed by atoms with Crippen LogP contribution < -0.4 is 4.74 Å². The molecule has 0 saturated heterocycles. The van der Waals surface area contributed by atoms with E-state index >= 15 is 0 Å². The number of aromatic nitrogens is 2. The van der Waals surface area contributed by atoms with E-state index in [4.69, 9.17) is 26.1 Å². The lowest BCUT2D eigenvalue weighted by Gasteiger charge is -2.22. The molecule has 0 radical (unpaired) electrons. The number of pyridine rings is 1. The molecule has 0 aliphatic carbocycles. The number of rotatable bonds is 12. The van der Waals surface area contributed by atoms with Crippen molar-refractivity contribution in [3.63, 3.8) is 0 Å². The predicted molar refractivity (Wildman–Crippen MR) is 187 cm³/mol. The van der Waals surface area contributed by atoms with Gasteiger partial charge in [0.25, 0.3) is 0 Å². The Labute approximate surface area is 278 Å². The number of esters is 1. The molecular weight excluding hydrogens is 620 g/mol. The van der Waals surface area contributed by atoms with E-state index in [-0.39, 0.29) is 11.9 Å². The van der Waals surface area contributed by atoms with Crippen molar-refractivity contribution in [2.24, 2.45) is 5.92 Å². The molecule has 0 spiro atoms. The average molecular weight is 657 g/mol. The van der Waals surface area contributed by atoms with E-state index in [1.165, 1.54) is 39.7 Å². The van der Waals surface area contributed by atoms with Gasteiger partial charge in [0.15, 0.2) is 0 Å². The second-order valence-corrected chi connectivity index (χ2v) is 14.3. The lowest BCUT2D eigenvalue weighted by molar-refractivity contribution is -0.144. The molecule has 232 valence electrons. The number of benzene rings is 3. The second-order valence-electron chi connectivity index (χ2n) is 11.4. The predicted octanol–water partition coefficient (Wildman–Crippen LogP) is 9.45. The second kappa shape index (κ2) is 14.4. The number of nitrogens with zero attached hydrogens (tertiary/aromatic N) is 2. The lowest BCUT2D eigenvalue weighted by Crippen LogP contribution is -2.18. The highest BCUT2D eigenvalue weighted by Gasteiger charge is 2.29. The fourth-order valence-corrected chi connectivity index (χ4v) is 8.68. The molecule has 0 bridgehead atoms. The van der Waals surface area contributed by atoms with E-state index in [1.54, 1.807) is 11.8 Å². The van der Waals surface area contributed by atoms with Crippen molar-refractivity contribution in [1.29, 1.82) is 0 Å². The maximum absolute atomic E-state index is 12.3. The number of halogens is 1. The molecule has 6 rings (SSSR count). The summed E-state index contributed by atoms with van der Waals surface area (Å²) in [4.78, 5) is 18.3. The molecule has 5 nitrogen and oxygen atoms in total. The summed E-state index contributed by atoms with van der Waals surface area (Å²) in [7, 11) is 1.47. The molecule has 5 aromatic rings. The molecule has 2 unspecified atom stereocenters. The summed E-state index contributed by atoms with van der Waals surface area (Å²) in [5.41, 5.74) is 8.10. The molecule has 0 saturated carbocycles. The van der Waals surface area contributed by atoms with Crippen LogP contribution in [0.25, 0.3) is 22.0 Å². The molecule has 8 heteroatoms. The zero-order valence-corrected chi connectivity index (χ0v) is 28.2. The zero-order valence-electron chi connectivity index (χ0n) is 25.8. The molecule has 0 N–H and O–H groups in total. The van der Waals surface area contributed by atoms with Gasteiger partial charge >= 0.3 is 5.97 Å². The van der Waals surface area contributed by atoms with E-state index in [0.29, 0.717) is 11.9 Å². The highest BCUT2D eigenvalue weighted by molar-refractivity contribution is 8.00. The Morgan fingerprint density at radius 2 is 1.87 bits per heavy atom. The number of carbonyl (C=O) groups excluding carboxylic acids is 1. The van der Waals surface area contributed by atoms with Gasteiger partial charge in [-0.05, 0) is 54.3 Å². The van der Waals surface area contributed by atoms with Crippen LogP contribution in [0.4, 0.5) is 0 Å². The van der Waals surface area contributed by atoms with Crippen LogP contribution in [0.15, 0.2) is 90.0 Å². The molecule has 0 fully saturated rings. The summed E-state index contributed by atoms with van der Waals surface area (Å²) >= 11 is 9.97. The number of carbonyl (C=O) groups is 1. The molecule has 2 aromatic heterocycles. The SMILES string of the molecule is CCC(CSCc1c2c3c(c(OCc4ccc(-c5ccccc5)cn4)ccc3n1Cc1ccc(Cl)cc1)CC(C)S2)C(=O)OC. The van der Waals surface area contributed by atoms with Crippen LogP contribution in [-0.4, -0.2) is 33.6 Å². The van der Waals surface area contributed by atoms with Gasteiger partial charge < -0.3 is 14.0 Å². The Morgan fingerprint density at radius 3 is 2.58 bits per heavy atom. The number of hydrogen-bond acceptors (Lipinski definition) is 6. The Balaban J connectivity index is 1.31. The standard InChI is InChI=1S/C37H37ClN2O3S2/c1-4-26(37(41)42-3)22-44-23-33-36-35-31(18-24(2)45-36)34(17-16-32(35)40(33)20-25-10-13-29(38)14-11-25)43-21-30-15-12-28(19-39-30)27-8-6-5-7-9-27/h5-17,19,24,26H,4,18,20-23H2,1-3H3. The third kappa shape index (κ3) is 7.06. The third-order valence-electron chi connectivity index (χ3n) is 8.31. The summed E-state index contributed by atoms with van der Waals surface area (Å²) in [5.74, 6) is 2.21. The summed E-state index contributed by atoms with van der Waals surface area (Å²) in [6.45, 7) is 5.48. The molecule has 2 atom stereocenters. The van der Waals surface area contributed by atoms with Gasteiger partial charge in [0.2, 0.25) is 0 Å². The topological polar surface area (TPSA) is 53.4 Å². The molecular formula is C37H37ClN2O3S2. The average Bonchev–Trinajstić information content (AvgIpc) is 3.36. The quantitative estimate of drug-likeness (QED) is 0.125. The van der Waals surface area contributed by atoms with E-state index in [0.717, 1.165) is 58.5 Å². The highest BCUT2D eigenvalue weighted by Crippen LogP contribution is 2.48. The van der Waals surface area contributed by atoms with Gasteiger partial charge in [-0.2, -0.15) is 11.8 Å². The van der Waals surface area contributed by atoms with Crippen molar-refractivity contribution in [3.05, 3.63) is 113 Å². The Kier molecular flexibility index (Phi) is 10.1. The van der Waals surface area contributed by atoms with Crippen LogP contribution in [0.3, 0.4) is 0 Å². The highest BCUT2D eigenvalue weighted by atomic mass is 35.5. The fourth-order valence-electron chi connectivity index (χ4n) is 5.88. The molecule has 3 aromatic carbocycles. The maximum atomic E-state index is 12.3. The van der Waals surface area contributed by atoms with E-state index in [2.05, 4.69) is 54.0 Å². The fraction of sp³-hybridized carbons (Fsp3) is 0.297. The summed E-state index contributed by atoms with van der Waals surface area (Å²) < 4.78 is 14.0. The Hall–Kier alpha value is -3.39. The van der Waals surface area contributed by atoms with Crippen molar-refractivity contribution >= 4 is 52.0 Å². The number of hydrogen-bond donors (Lipinski definition) is 0. The molecule has 45 heavy (non-hydrogen) atoms. The first kappa shape index (κ1) is 31.6. The van der Waals surface area contributed by atoms with Crippen LogP contribution in [0.1, 0.15) is 42.8 Å². The van der Waals surface area contributed by atoms with Crippen LogP contribution in [0, 0.1) is 5.92 Å². The van der Waals surface area contributed by atoms with Crippen molar-refractivity contribution in [3.8, 4) is 16.9 Å². The molecule has 1 aliphatic rings. The summed E-state index contributed by atoms with van der Waals surface area (Å²) in [6, 6.07) is 26.9. The number of ether oxygens (including phenoxy) is 2. The van der Waals surface area contributed by atoms with Crippen molar-refractivity contribution < 1.29 is 14.3 Å². The minimum Gasteiger partial charge on any atom is -0.487 e. The summed E-state index contributed by atoms with van der Waals surface area (Å²) in [6.07, 6.45) is 3.62. The van der Waals surface area contributed by atoms with Gasteiger partial charge in [-0.3, -0.25) is 9.78 Å². The number of methoxy groups -OCH3 is 1. The van der Waals surface area contributed by atoms with Crippen LogP contribution in [0.5, 0.6) is 5.75 Å². The molecule has 0 amide bonds. The van der Waals surface area contributed by atoms with E-state index in [1.807, 2.05) is 61.3 Å². The first-order valence-electron chi connectivity index (χ1n) is 15.3. The first-order valence-corrected chi connectivity index (χ1v) is 17.7. The summed E-state index contributed by atoms with van der Waals surface area (Å²) in [5, 5.41) is 2.42. The van der Waals surface area contributed by atoms with Gasteiger partial charge in [0.1, 0.15) is 12.4 Å². The van der Waals surface area contributed by atoms with Crippen LogP contribution in [-0.2, 0) is 34.9 Å². The van der Waals surface area contributed by atoms with Crippen LogP contribution in [0.2, 0.25) is 5.02 Å². The lowest BCUT2D eigenvalue weighted by atomic mass is 10.0. The van der Waals surface area contributed by atoms with Gasteiger partial charge in [0.05, 0.1) is 24.2 Å². The van der Waals surface area contributed by atoms with Gasteiger partial charge in [-0.25, -0.2) is 0 Å². The zero-order chi connectivity index (χ0) is 31.3. The van der Waals surface area contributed by atoms with Crippen LogP contribution >= 0.6 is 35.1 Å². The largest absolute Gasteiger partial charge is 0.487 e. The molecule has 3 heterocycles. The van der Waals surface area contributed by atoms with E-state index < -0.39 is 0 Å². The third-order valence-corrected chi connectivity index (χ3v) is 10.9. The normalized spacial score (nSPS) is 14.8. The molecule has 1 aliphatic heterocycles. The van der Waals surface area contributed by atoms with E-state index in [9.17, 15) is 4.79 Å². The van der Waals surface area contributed by atoms with Crippen molar-refractivity contribution in [2.75, 3.05) is 12.9 Å². The number of thioether (sulfide) groups is 2. The first-order chi connectivity index (χ1) is 21.9. The Morgan fingerprint density at radius 1 is 1.07 bits per heavy atom. The smallest absolute Gasteiger partial charge is 0.309 e. The van der Waals surface area contributed by atoms with Gasteiger partial charge in [-0.15, -0.1) is 11.8 Å². The monoisotopic (exact) mass is 656 g/mol.